The van der Waals surface area contributed by atoms with E-state index in [-0.39, 0.29) is 31.1 Å². The summed E-state index contributed by atoms with van der Waals surface area (Å²) in [6, 6.07) is 0. The van der Waals surface area contributed by atoms with Gasteiger partial charge in [0.1, 0.15) is 13.2 Å². The van der Waals surface area contributed by atoms with Crippen molar-refractivity contribution >= 4 is 17.9 Å². The molecule has 0 saturated carbocycles. The second-order valence-corrected chi connectivity index (χ2v) is 22.7. The Hall–Kier alpha value is -3.15. The molecule has 0 amide bonds. The predicted molar refractivity (Wildman–Crippen MR) is 339 cm³/mol. The van der Waals surface area contributed by atoms with Crippen molar-refractivity contribution < 1.29 is 28.6 Å². The normalized spacial score (nSPS) is 12.5. The van der Waals surface area contributed by atoms with Crippen LogP contribution in [0.1, 0.15) is 348 Å². The summed E-state index contributed by atoms with van der Waals surface area (Å²) in [5.74, 6) is -0.861. The maximum absolute atomic E-state index is 12.9. The molecule has 0 aromatic heterocycles. The number of hydrogen-bond acceptors (Lipinski definition) is 6. The lowest BCUT2D eigenvalue weighted by Gasteiger charge is -2.18. The van der Waals surface area contributed by atoms with Crippen molar-refractivity contribution in [2.75, 3.05) is 13.2 Å². The molecule has 0 aliphatic heterocycles. The van der Waals surface area contributed by atoms with Crippen LogP contribution in [0.5, 0.6) is 0 Å². The fourth-order valence-electron chi connectivity index (χ4n) is 9.88. The molecule has 78 heavy (non-hydrogen) atoms. The van der Waals surface area contributed by atoms with Gasteiger partial charge < -0.3 is 14.2 Å². The molecule has 0 aromatic rings. The highest BCUT2D eigenvalue weighted by molar-refractivity contribution is 5.71. The Morgan fingerprint density at radius 2 is 0.500 bits per heavy atom. The highest BCUT2D eigenvalue weighted by Gasteiger charge is 2.19. The van der Waals surface area contributed by atoms with E-state index in [0.717, 1.165) is 96.3 Å². The average Bonchev–Trinajstić information content (AvgIpc) is 3.44. The molecule has 1 unspecified atom stereocenters. The molecule has 0 aliphatic carbocycles. The minimum atomic E-state index is -0.774. The van der Waals surface area contributed by atoms with Crippen molar-refractivity contribution in [2.24, 2.45) is 0 Å². The molecule has 0 bridgehead atoms. The molecule has 0 spiro atoms. The minimum absolute atomic E-state index is 0.0722. The molecular formula is C72H128O6. The highest BCUT2D eigenvalue weighted by Crippen LogP contribution is 2.18. The van der Waals surface area contributed by atoms with Crippen molar-refractivity contribution in [3.8, 4) is 0 Å². The minimum Gasteiger partial charge on any atom is -0.462 e. The maximum Gasteiger partial charge on any atom is 0.306 e. The van der Waals surface area contributed by atoms with E-state index >= 15 is 0 Å². The summed E-state index contributed by atoms with van der Waals surface area (Å²) in [4.78, 5) is 38.3. The number of carbonyl (C=O) groups is 3. The van der Waals surface area contributed by atoms with Crippen molar-refractivity contribution in [3.63, 3.8) is 0 Å². The fraction of sp³-hybridized carbons (Fsp3) is 0.792. The Kier molecular flexibility index (Phi) is 63.7. The SMILES string of the molecule is CC/C=C\C/C=C\C/C=C\C/C=C\C/C=C\CCCCCCCCCCCCCCCCCCCC(=O)OCC(COC(=O)CCCCCCC/C=C\CCCCC)OC(=O)CCCCCCCCCCCCCCCCC. The number of esters is 3. The second kappa shape index (κ2) is 66.4. The average molecular weight is 1090 g/mol. The van der Waals surface area contributed by atoms with Gasteiger partial charge >= 0.3 is 17.9 Å². The molecule has 0 radical (unpaired) electrons. The second-order valence-electron chi connectivity index (χ2n) is 22.7. The molecule has 0 fully saturated rings. The van der Waals surface area contributed by atoms with Gasteiger partial charge in [0.2, 0.25) is 0 Å². The molecule has 6 nitrogen and oxygen atoms in total. The van der Waals surface area contributed by atoms with Crippen LogP contribution in [0.15, 0.2) is 72.9 Å². The first-order chi connectivity index (χ1) is 38.5. The lowest BCUT2D eigenvalue weighted by atomic mass is 10.0. The lowest BCUT2D eigenvalue weighted by Crippen LogP contribution is -2.30. The van der Waals surface area contributed by atoms with E-state index in [9.17, 15) is 14.4 Å². The third-order valence-corrected chi connectivity index (χ3v) is 14.9. The van der Waals surface area contributed by atoms with Crippen LogP contribution in [0.4, 0.5) is 0 Å². The number of ether oxygens (including phenoxy) is 3. The number of rotatable bonds is 62. The first-order valence-electron chi connectivity index (χ1n) is 33.9. The van der Waals surface area contributed by atoms with Gasteiger partial charge in [-0.15, -0.1) is 0 Å². The molecule has 452 valence electrons. The number of carbonyl (C=O) groups excluding carboxylic acids is 3. The van der Waals surface area contributed by atoms with Gasteiger partial charge in [0.15, 0.2) is 6.10 Å². The smallest absolute Gasteiger partial charge is 0.306 e. The highest BCUT2D eigenvalue weighted by atomic mass is 16.6. The van der Waals surface area contributed by atoms with E-state index in [1.54, 1.807) is 0 Å². The Morgan fingerprint density at radius 1 is 0.269 bits per heavy atom. The van der Waals surface area contributed by atoms with E-state index in [0.29, 0.717) is 19.3 Å². The Balaban J connectivity index is 4.11. The third kappa shape index (κ3) is 63.7. The van der Waals surface area contributed by atoms with E-state index in [1.807, 2.05) is 0 Å². The molecule has 0 saturated heterocycles. The topological polar surface area (TPSA) is 78.9 Å². The van der Waals surface area contributed by atoms with Gasteiger partial charge in [0, 0.05) is 19.3 Å². The third-order valence-electron chi connectivity index (χ3n) is 14.9. The van der Waals surface area contributed by atoms with Crippen LogP contribution in [0, 0.1) is 0 Å². The number of allylic oxidation sites excluding steroid dienone is 12. The first kappa shape index (κ1) is 74.8. The summed E-state index contributed by atoms with van der Waals surface area (Å²) in [5, 5.41) is 0. The van der Waals surface area contributed by atoms with E-state index in [2.05, 4.69) is 93.7 Å². The lowest BCUT2D eigenvalue weighted by molar-refractivity contribution is -0.167. The van der Waals surface area contributed by atoms with Crippen LogP contribution in [-0.2, 0) is 28.6 Å². The van der Waals surface area contributed by atoms with E-state index in [4.69, 9.17) is 14.2 Å². The molecule has 0 heterocycles. The van der Waals surface area contributed by atoms with Crippen LogP contribution in [0.3, 0.4) is 0 Å². The summed E-state index contributed by atoms with van der Waals surface area (Å²) >= 11 is 0. The zero-order valence-corrected chi connectivity index (χ0v) is 51.9. The van der Waals surface area contributed by atoms with Crippen LogP contribution in [0.25, 0.3) is 0 Å². The molecule has 6 heteroatoms. The van der Waals surface area contributed by atoms with Gasteiger partial charge in [0.25, 0.3) is 0 Å². The summed E-state index contributed by atoms with van der Waals surface area (Å²) in [7, 11) is 0. The predicted octanol–water partition coefficient (Wildman–Crippen LogP) is 23.3. The van der Waals surface area contributed by atoms with Gasteiger partial charge in [-0.05, 0) is 89.9 Å². The summed E-state index contributed by atoms with van der Waals surface area (Å²) in [6.07, 6.45) is 86.5. The number of unbranched alkanes of at least 4 members (excludes halogenated alkanes) is 39. The molecule has 1 atom stereocenters. The van der Waals surface area contributed by atoms with Crippen LogP contribution in [-0.4, -0.2) is 37.2 Å². The molecule has 0 aliphatic rings. The zero-order chi connectivity index (χ0) is 56.4. The van der Waals surface area contributed by atoms with Gasteiger partial charge in [-0.2, -0.15) is 0 Å². The maximum atomic E-state index is 12.9. The molecule has 0 rings (SSSR count). The van der Waals surface area contributed by atoms with Crippen molar-refractivity contribution in [1.82, 2.24) is 0 Å². The Labute approximate surface area is 484 Å². The standard InChI is InChI=1S/C72H128O6/c1-4-7-10-13-16-19-22-25-27-28-29-30-31-32-33-34-35-36-37-38-39-40-41-42-43-44-46-47-50-53-56-59-62-65-71(74)77-68-69(67-76-70(73)64-61-58-55-52-49-24-21-18-15-12-9-6-3)78-72(75)66-63-60-57-54-51-48-45-26-23-20-17-14-11-8-5-2/h7,10,16,18-19,21,25,27,29-30,32-33,69H,4-6,8-9,11-15,17,20,22-24,26,28,31,34-68H2,1-3H3/b10-7-,19-16-,21-18-,27-25-,30-29-,33-32-. The van der Waals surface area contributed by atoms with Crippen LogP contribution < -0.4 is 0 Å². The van der Waals surface area contributed by atoms with Gasteiger partial charge in [-0.3, -0.25) is 14.4 Å². The van der Waals surface area contributed by atoms with Crippen molar-refractivity contribution in [1.29, 1.82) is 0 Å². The molecule has 0 aromatic carbocycles. The fourth-order valence-corrected chi connectivity index (χ4v) is 9.88. The zero-order valence-electron chi connectivity index (χ0n) is 51.9. The number of hydrogen-bond donors (Lipinski definition) is 0. The van der Waals surface area contributed by atoms with Crippen molar-refractivity contribution in [3.05, 3.63) is 72.9 Å². The summed E-state index contributed by atoms with van der Waals surface area (Å²) in [5.41, 5.74) is 0. The monoisotopic (exact) mass is 1090 g/mol. The van der Waals surface area contributed by atoms with E-state index < -0.39 is 6.10 Å². The largest absolute Gasteiger partial charge is 0.462 e. The summed E-state index contributed by atoms with van der Waals surface area (Å²) in [6.45, 7) is 6.54. The van der Waals surface area contributed by atoms with Crippen LogP contribution in [0.2, 0.25) is 0 Å². The summed E-state index contributed by atoms with van der Waals surface area (Å²) < 4.78 is 16.9. The Bertz CT molecular complexity index is 1440. The van der Waals surface area contributed by atoms with Crippen LogP contribution >= 0.6 is 0 Å². The van der Waals surface area contributed by atoms with Gasteiger partial charge in [-0.1, -0.05) is 312 Å². The molecule has 0 N–H and O–H groups in total. The van der Waals surface area contributed by atoms with Crippen molar-refractivity contribution in [2.45, 2.75) is 354 Å². The first-order valence-corrected chi connectivity index (χ1v) is 33.9. The van der Waals surface area contributed by atoms with Gasteiger partial charge in [0.05, 0.1) is 0 Å². The van der Waals surface area contributed by atoms with Gasteiger partial charge in [-0.25, -0.2) is 0 Å². The Morgan fingerprint density at radius 3 is 0.821 bits per heavy atom. The van der Waals surface area contributed by atoms with E-state index in [1.165, 1.54) is 212 Å². The quantitative estimate of drug-likeness (QED) is 0.0261. The molecular weight excluding hydrogens is 961 g/mol.